The summed E-state index contributed by atoms with van der Waals surface area (Å²) < 4.78 is 40.3. The minimum atomic E-state index is -0.908. The van der Waals surface area contributed by atoms with Crippen LogP contribution in [-0.2, 0) is 0 Å². The van der Waals surface area contributed by atoms with Gasteiger partial charge in [-0.3, -0.25) is 9.69 Å². The van der Waals surface area contributed by atoms with Gasteiger partial charge in [0.1, 0.15) is 38.9 Å². The molecule has 10 heteroatoms. The Morgan fingerprint density at radius 2 is 1.59 bits per heavy atom. The molecule has 32 heavy (non-hydrogen) atoms. The van der Waals surface area contributed by atoms with E-state index in [4.69, 9.17) is 9.47 Å². The van der Waals surface area contributed by atoms with Gasteiger partial charge in [-0.2, -0.15) is 0 Å². The Hall–Kier alpha value is -2.49. The number of nitrogens with zero attached hydrogens (tertiary/aromatic N) is 3. The topological polar surface area (TPSA) is 54.9 Å². The molecule has 2 aromatic carbocycles. The van der Waals surface area contributed by atoms with Crippen molar-refractivity contribution >= 4 is 45.0 Å². The van der Waals surface area contributed by atoms with Crippen LogP contribution in [0.3, 0.4) is 0 Å². The van der Waals surface area contributed by atoms with E-state index in [0.29, 0.717) is 33.4 Å². The molecule has 0 unspecified atom stereocenters. The van der Waals surface area contributed by atoms with Crippen LogP contribution in [0, 0.1) is 11.6 Å². The molecule has 6 nitrogen and oxygen atoms in total. The summed E-state index contributed by atoms with van der Waals surface area (Å²) in [5.41, 5.74) is -0.0725. The second-order valence-corrected chi connectivity index (χ2v) is 7.70. The number of benzene rings is 2. The van der Waals surface area contributed by atoms with E-state index in [0.717, 1.165) is 25.2 Å². The summed E-state index contributed by atoms with van der Waals surface area (Å²) in [4.78, 5) is 21.3. The number of aromatic nitrogens is 1. The number of methoxy groups -OCH3 is 2. The number of anilines is 1. The highest BCUT2D eigenvalue weighted by atomic mass is 35.5. The molecule has 0 bridgehead atoms. The van der Waals surface area contributed by atoms with E-state index in [2.05, 4.69) is 9.88 Å². The molecule has 3 rings (SSSR count). The van der Waals surface area contributed by atoms with Crippen molar-refractivity contribution in [2.24, 2.45) is 0 Å². The van der Waals surface area contributed by atoms with Crippen molar-refractivity contribution in [3.05, 3.63) is 47.5 Å². The quantitative estimate of drug-likeness (QED) is 0.427. The molecule has 174 valence electrons. The van der Waals surface area contributed by atoms with Crippen LogP contribution in [-0.4, -0.2) is 56.2 Å². The number of carbonyl (C=O) groups is 1. The third kappa shape index (κ3) is 5.11. The van der Waals surface area contributed by atoms with Gasteiger partial charge in [-0.1, -0.05) is 31.3 Å². The van der Waals surface area contributed by atoms with Crippen LogP contribution in [0.1, 0.15) is 24.2 Å². The molecule has 0 N–H and O–H groups in total. The SMILES string of the molecule is CCN(CC)CCN(C(=O)c1c(F)cccc1F)c1nc2c(OC)ccc(OC)c2s1.Cl. The number of amides is 1. The second-order valence-electron chi connectivity index (χ2n) is 6.72. The first kappa shape index (κ1) is 25.8. The zero-order valence-corrected chi connectivity index (χ0v) is 20.0. The number of hydrogen-bond acceptors (Lipinski definition) is 6. The first-order valence-corrected chi connectivity index (χ1v) is 10.8. The van der Waals surface area contributed by atoms with Crippen molar-refractivity contribution in [1.82, 2.24) is 9.88 Å². The molecule has 1 amide bonds. The van der Waals surface area contributed by atoms with E-state index in [-0.39, 0.29) is 19.0 Å². The molecule has 0 aliphatic rings. The van der Waals surface area contributed by atoms with Crippen LogP contribution in [0.2, 0.25) is 0 Å². The Bertz CT molecular complexity index is 1010. The van der Waals surface area contributed by atoms with E-state index in [9.17, 15) is 13.6 Å². The van der Waals surface area contributed by atoms with Gasteiger partial charge in [-0.05, 0) is 37.4 Å². The Morgan fingerprint density at radius 1 is 1.00 bits per heavy atom. The smallest absolute Gasteiger partial charge is 0.266 e. The third-order valence-electron chi connectivity index (χ3n) is 5.09. The highest BCUT2D eigenvalue weighted by Gasteiger charge is 2.28. The predicted octanol–water partition coefficient (Wildman–Crippen LogP) is 5.00. The number of halogens is 3. The van der Waals surface area contributed by atoms with Gasteiger partial charge < -0.3 is 14.4 Å². The molecular weight excluding hydrogens is 460 g/mol. The summed E-state index contributed by atoms with van der Waals surface area (Å²) in [6.45, 7) is 6.35. The van der Waals surface area contributed by atoms with Gasteiger partial charge in [0, 0.05) is 13.1 Å². The monoisotopic (exact) mass is 485 g/mol. The summed E-state index contributed by atoms with van der Waals surface area (Å²) in [6.07, 6.45) is 0. The van der Waals surface area contributed by atoms with E-state index in [1.807, 2.05) is 13.8 Å². The lowest BCUT2D eigenvalue weighted by molar-refractivity contribution is 0.0975. The molecule has 0 saturated carbocycles. The van der Waals surface area contributed by atoms with Crippen molar-refractivity contribution in [3.63, 3.8) is 0 Å². The minimum Gasteiger partial charge on any atom is -0.495 e. The molecule has 0 saturated heterocycles. The summed E-state index contributed by atoms with van der Waals surface area (Å²) in [7, 11) is 3.07. The molecule has 0 fully saturated rings. The van der Waals surface area contributed by atoms with E-state index in [1.165, 1.54) is 29.4 Å². The number of fused-ring (bicyclic) bond motifs is 1. The molecule has 3 aromatic rings. The molecule has 0 spiro atoms. The van der Waals surface area contributed by atoms with Crippen molar-refractivity contribution in [2.75, 3.05) is 45.3 Å². The maximum atomic E-state index is 14.4. The van der Waals surface area contributed by atoms with Crippen LogP contribution in [0.25, 0.3) is 10.2 Å². The van der Waals surface area contributed by atoms with Gasteiger partial charge in [-0.15, -0.1) is 12.4 Å². The first-order valence-electron chi connectivity index (χ1n) is 9.94. The Labute approximate surface area is 196 Å². The van der Waals surface area contributed by atoms with Crippen molar-refractivity contribution in [1.29, 1.82) is 0 Å². The Kier molecular flexibility index (Phi) is 9.18. The Balaban J connectivity index is 0.00000363. The number of ether oxygens (including phenoxy) is 2. The number of hydrogen-bond donors (Lipinski definition) is 0. The predicted molar refractivity (Wildman–Crippen MR) is 126 cm³/mol. The maximum absolute atomic E-state index is 14.4. The maximum Gasteiger partial charge on any atom is 0.266 e. The fourth-order valence-electron chi connectivity index (χ4n) is 3.29. The minimum absolute atomic E-state index is 0. The average molecular weight is 486 g/mol. The molecule has 0 radical (unpaired) electrons. The fraction of sp³-hybridized carbons (Fsp3) is 0.364. The standard InChI is InChI=1S/C22H25F2N3O3S.ClH/c1-5-26(6-2)12-13-27(21(28)18-14(23)8-7-9-15(18)24)22-25-19-16(29-3)10-11-17(30-4)20(19)31-22;/h7-11H,5-6,12-13H2,1-4H3;1H. The van der Waals surface area contributed by atoms with Crippen molar-refractivity contribution in [2.45, 2.75) is 13.8 Å². The number of rotatable bonds is 9. The van der Waals surface area contributed by atoms with E-state index >= 15 is 0 Å². The average Bonchev–Trinajstić information content (AvgIpc) is 3.21. The van der Waals surface area contributed by atoms with Crippen LogP contribution in [0.5, 0.6) is 11.5 Å². The lowest BCUT2D eigenvalue weighted by atomic mass is 10.1. The van der Waals surface area contributed by atoms with Crippen LogP contribution < -0.4 is 14.4 Å². The highest BCUT2D eigenvalue weighted by Crippen LogP contribution is 2.40. The van der Waals surface area contributed by atoms with Gasteiger partial charge in [0.15, 0.2) is 5.13 Å². The summed E-state index contributed by atoms with van der Waals surface area (Å²) in [6, 6.07) is 6.85. The molecule has 0 aliphatic carbocycles. The lowest BCUT2D eigenvalue weighted by Gasteiger charge is -2.25. The molecule has 1 heterocycles. The molecule has 0 atom stereocenters. The largest absolute Gasteiger partial charge is 0.495 e. The van der Waals surface area contributed by atoms with Crippen molar-refractivity contribution in [3.8, 4) is 11.5 Å². The number of likely N-dealkylation sites (N-methyl/N-ethyl adjacent to an activating group) is 1. The van der Waals surface area contributed by atoms with E-state index in [1.54, 1.807) is 19.2 Å². The van der Waals surface area contributed by atoms with Gasteiger partial charge in [0.2, 0.25) is 0 Å². The third-order valence-corrected chi connectivity index (χ3v) is 6.18. The molecule has 1 aromatic heterocycles. The highest BCUT2D eigenvalue weighted by molar-refractivity contribution is 7.22. The van der Waals surface area contributed by atoms with Gasteiger partial charge in [0.25, 0.3) is 5.91 Å². The van der Waals surface area contributed by atoms with E-state index < -0.39 is 23.1 Å². The summed E-state index contributed by atoms with van der Waals surface area (Å²) in [5, 5.41) is 0.317. The van der Waals surface area contributed by atoms with Gasteiger partial charge in [0.05, 0.1) is 14.2 Å². The Morgan fingerprint density at radius 3 is 2.16 bits per heavy atom. The van der Waals surface area contributed by atoms with Crippen LogP contribution in [0.4, 0.5) is 13.9 Å². The molecular formula is C22H26ClF2N3O3S. The normalized spacial score (nSPS) is 10.8. The number of thiazole rings is 1. The van der Waals surface area contributed by atoms with Gasteiger partial charge >= 0.3 is 0 Å². The second kappa shape index (κ2) is 11.4. The van der Waals surface area contributed by atoms with Crippen LogP contribution in [0.15, 0.2) is 30.3 Å². The van der Waals surface area contributed by atoms with Crippen LogP contribution >= 0.6 is 23.7 Å². The zero-order chi connectivity index (χ0) is 22.5. The number of carbonyl (C=O) groups excluding carboxylic acids is 1. The van der Waals surface area contributed by atoms with Crippen molar-refractivity contribution < 1.29 is 23.0 Å². The zero-order valence-electron chi connectivity index (χ0n) is 18.4. The fourth-order valence-corrected chi connectivity index (χ4v) is 4.39. The lowest BCUT2D eigenvalue weighted by Crippen LogP contribution is -2.39. The molecule has 0 aliphatic heterocycles. The summed E-state index contributed by atoms with van der Waals surface area (Å²) >= 11 is 1.21. The van der Waals surface area contributed by atoms with Gasteiger partial charge in [-0.25, -0.2) is 13.8 Å². The summed E-state index contributed by atoms with van der Waals surface area (Å²) in [5.74, 6) is -1.50. The first-order chi connectivity index (χ1) is 14.9.